The fourth-order valence-corrected chi connectivity index (χ4v) is 3.44. The number of anilines is 2. The molecule has 0 aliphatic heterocycles. The van der Waals surface area contributed by atoms with Gasteiger partial charge in [0.15, 0.2) is 0 Å². The quantitative estimate of drug-likeness (QED) is 0.404. The lowest BCUT2D eigenvalue weighted by Crippen LogP contribution is -2.15. The van der Waals surface area contributed by atoms with Gasteiger partial charge in [-0.15, -0.1) is 5.10 Å². The lowest BCUT2D eigenvalue weighted by Gasteiger charge is -2.08. The van der Waals surface area contributed by atoms with E-state index in [2.05, 4.69) is 48.7 Å². The SMILES string of the molecule is CC(=O)Nc1cccc(-n2nnnc2SCC(=O)Nc2ccccc2I)c1. The summed E-state index contributed by atoms with van der Waals surface area (Å²) in [6.07, 6.45) is 0. The Hall–Kier alpha value is -2.47. The van der Waals surface area contributed by atoms with Gasteiger partial charge in [0.25, 0.3) is 0 Å². The van der Waals surface area contributed by atoms with Crippen LogP contribution in [0.2, 0.25) is 0 Å². The first-order valence-corrected chi connectivity index (χ1v) is 9.93. The van der Waals surface area contributed by atoms with Gasteiger partial charge in [-0.25, -0.2) is 0 Å². The van der Waals surface area contributed by atoms with Crippen LogP contribution in [0.3, 0.4) is 0 Å². The van der Waals surface area contributed by atoms with Crippen molar-refractivity contribution in [3.05, 3.63) is 52.1 Å². The molecule has 0 bridgehead atoms. The van der Waals surface area contributed by atoms with Gasteiger partial charge in [-0.05, 0) is 63.3 Å². The molecule has 0 saturated heterocycles. The molecule has 0 aliphatic rings. The third-order valence-corrected chi connectivity index (χ3v) is 5.19. The van der Waals surface area contributed by atoms with Crippen molar-refractivity contribution >= 4 is 57.5 Å². The van der Waals surface area contributed by atoms with Crippen LogP contribution in [-0.2, 0) is 9.59 Å². The molecule has 2 N–H and O–H groups in total. The molecule has 3 rings (SSSR count). The molecule has 0 spiro atoms. The second-order valence-corrected chi connectivity index (χ2v) is 7.53. The van der Waals surface area contributed by atoms with E-state index in [0.717, 1.165) is 9.26 Å². The van der Waals surface area contributed by atoms with Crippen LogP contribution < -0.4 is 10.6 Å². The Morgan fingerprint density at radius 3 is 2.74 bits per heavy atom. The van der Waals surface area contributed by atoms with Crippen LogP contribution in [0.5, 0.6) is 0 Å². The second kappa shape index (κ2) is 8.95. The van der Waals surface area contributed by atoms with E-state index < -0.39 is 0 Å². The maximum absolute atomic E-state index is 12.2. The number of hydrogen-bond donors (Lipinski definition) is 2. The molecular weight excluding hydrogens is 479 g/mol. The number of nitrogens with one attached hydrogen (secondary N) is 2. The van der Waals surface area contributed by atoms with E-state index in [1.807, 2.05) is 30.3 Å². The molecule has 0 aliphatic carbocycles. The highest BCUT2D eigenvalue weighted by Crippen LogP contribution is 2.22. The number of nitrogens with zero attached hydrogens (tertiary/aromatic N) is 4. The molecule has 1 heterocycles. The Labute approximate surface area is 173 Å². The van der Waals surface area contributed by atoms with Gasteiger partial charge in [-0.1, -0.05) is 30.0 Å². The Balaban J connectivity index is 1.68. The zero-order valence-electron chi connectivity index (χ0n) is 14.2. The van der Waals surface area contributed by atoms with Crippen LogP contribution in [0.4, 0.5) is 11.4 Å². The van der Waals surface area contributed by atoms with Crippen LogP contribution in [0.1, 0.15) is 6.92 Å². The van der Waals surface area contributed by atoms with Crippen molar-refractivity contribution in [1.82, 2.24) is 20.2 Å². The van der Waals surface area contributed by atoms with Crippen LogP contribution in [0.25, 0.3) is 5.69 Å². The van der Waals surface area contributed by atoms with Gasteiger partial charge >= 0.3 is 0 Å². The van der Waals surface area contributed by atoms with Crippen LogP contribution in [-0.4, -0.2) is 37.8 Å². The number of thioether (sulfide) groups is 1. The van der Waals surface area contributed by atoms with Gasteiger partial charge in [0, 0.05) is 16.2 Å². The first-order chi connectivity index (χ1) is 13.0. The molecule has 0 saturated carbocycles. The summed E-state index contributed by atoms with van der Waals surface area (Å²) in [5.41, 5.74) is 2.10. The first kappa shape index (κ1) is 19.3. The minimum absolute atomic E-state index is 0.148. The summed E-state index contributed by atoms with van der Waals surface area (Å²) in [5, 5.41) is 17.7. The van der Waals surface area contributed by atoms with Crippen molar-refractivity contribution in [2.75, 3.05) is 16.4 Å². The van der Waals surface area contributed by atoms with Gasteiger partial charge in [0.1, 0.15) is 0 Å². The Morgan fingerprint density at radius 1 is 1.15 bits per heavy atom. The Kier molecular flexibility index (Phi) is 6.40. The molecule has 2 amide bonds. The standard InChI is InChI=1S/C17H15IN6O2S/c1-11(25)19-12-5-4-6-13(9-12)24-17(21-22-23-24)27-10-16(26)20-15-8-3-2-7-14(15)18/h2-9H,10H2,1H3,(H,19,25)(H,20,26). The maximum atomic E-state index is 12.2. The summed E-state index contributed by atoms with van der Waals surface area (Å²) in [7, 11) is 0. The highest BCUT2D eigenvalue weighted by atomic mass is 127. The van der Waals surface area contributed by atoms with Crippen LogP contribution in [0, 0.1) is 3.57 Å². The molecule has 0 atom stereocenters. The van der Waals surface area contributed by atoms with Crippen LogP contribution >= 0.6 is 34.4 Å². The highest BCUT2D eigenvalue weighted by molar-refractivity contribution is 14.1. The average Bonchev–Trinajstić information content (AvgIpc) is 3.10. The van der Waals surface area contributed by atoms with E-state index in [4.69, 9.17) is 0 Å². The van der Waals surface area contributed by atoms with Gasteiger partial charge in [-0.3, -0.25) is 9.59 Å². The fourth-order valence-electron chi connectivity index (χ4n) is 2.23. The zero-order chi connectivity index (χ0) is 19.2. The predicted molar refractivity (Wildman–Crippen MR) is 112 cm³/mol. The van der Waals surface area contributed by atoms with Crippen molar-refractivity contribution in [1.29, 1.82) is 0 Å². The molecule has 8 nitrogen and oxygen atoms in total. The highest BCUT2D eigenvalue weighted by Gasteiger charge is 2.13. The summed E-state index contributed by atoms with van der Waals surface area (Å²) < 4.78 is 2.49. The number of rotatable bonds is 6. The number of tetrazole rings is 1. The third-order valence-electron chi connectivity index (χ3n) is 3.33. The third kappa shape index (κ3) is 5.26. The van der Waals surface area contributed by atoms with Gasteiger partial charge in [0.2, 0.25) is 17.0 Å². The van der Waals surface area contributed by atoms with Crippen molar-refractivity contribution in [3.8, 4) is 5.69 Å². The number of para-hydroxylation sites is 1. The second-order valence-electron chi connectivity index (χ2n) is 5.42. The maximum Gasteiger partial charge on any atom is 0.234 e. The summed E-state index contributed by atoms with van der Waals surface area (Å²) >= 11 is 3.40. The Bertz CT molecular complexity index is 977. The molecule has 2 aromatic carbocycles. The number of hydrogen-bond acceptors (Lipinski definition) is 6. The van der Waals surface area contributed by atoms with E-state index in [0.29, 0.717) is 16.5 Å². The number of amides is 2. The number of carbonyl (C=O) groups excluding carboxylic acids is 2. The van der Waals surface area contributed by atoms with Crippen molar-refractivity contribution in [2.24, 2.45) is 0 Å². The topological polar surface area (TPSA) is 102 Å². The largest absolute Gasteiger partial charge is 0.326 e. The molecule has 3 aromatic rings. The summed E-state index contributed by atoms with van der Waals surface area (Å²) in [6, 6.07) is 14.7. The number of halogens is 1. The molecule has 0 fully saturated rings. The fraction of sp³-hybridized carbons (Fsp3) is 0.118. The molecule has 1 aromatic heterocycles. The van der Waals surface area contributed by atoms with E-state index >= 15 is 0 Å². The van der Waals surface area contributed by atoms with E-state index in [9.17, 15) is 9.59 Å². The monoisotopic (exact) mass is 494 g/mol. The molecule has 0 radical (unpaired) electrons. The molecule has 10 heteroatoms. The van der Waals surface area contributed by atoms with E-state index in [-0.39, 0.29) is 17.6 Å². The lowest BCUT2D eigenvalue weighted by atomic mass is 10.3. The lowest BCUT2D eigenvalue weighted by molar-refractivity contribution is -0.114. The summed E-state index contributed by atoms with van der Waals surface area (Å²) in [4.78, 5) is 23.4. The molecular formula is C17H15IN6O2S. The normalized spacial score (nSPS) is 10.4. The van der Waals surface area contributed by atoms with E-state index in [1.54, 1.807) is 18.2 Å². The Morgan fingerprint density at radius 2 is 1.96 bits per heavy atom. The van der Waals surface area contributed by atoms with Crippen LogP contribution in [0.15, 0.2) is 53.7 Å². The number of aromatic nitrogens is 4. The van der Waals surface area contributed by atoms with Gasteiger partial charge < -0.3 is 10.6 Å². The number of carbonyl (C=O) groups is 2. The average molecular weight is 494 g/mol. The first-order valence-electron chi connectivity index (χ1n) is 7.86. The molecule has 27 heavy (non-hydrogen) atoms. The zero-order valence-corrected chi connectivity index (χ0v) is 17.2. The van der Waals surface area contributed by atoms with Gasteiger partial charge in [0.05, 0.1) is 17.1 Å². The minimum atomic E-state index is -0.161. The molecule has 138 valence electrons. The summed E-state index contributed by atoms with van der Waals surface area (Å²) in [6.45, 7) is 1.44. The van der Waals surface area contributed by atoms with Crippen molar-refractivity contribution in [2.45, 2.75) is 12.1 Å². The van der Waals surface area contributed by atoms with E-state index in [1.165, 1.54) is 23.4 Å². The van der Waals surface area contributed by atoms with Crippen molar-refractivity contribution < 1.29 is 9.59 Å². The smallest absolute Gasteiger partial charge is 0.234 e. The minimum Gasteiger partial charge on any atom is -0.326 e. The van der Waals surface area contributed by atoms with Gasteiger partial charge in [-0.2, -0.15) is 4.68 Å². The number of benzene rings is 2. The molecule has 0 unspecified atom stereocenters. The summed E-state index contributed by atoms with van der Waals surface area (Å²) in [5.74, 6) is -0.146. The predicted octanol–water partition coefficient (Wildman–Crippen LogP) is 2.96. The van der Waals surface area contributed by atoms with Crippen molar-refractivity contribution in [3.63, 3.8) is 0 Å².